The summed E-state index contributed by atoms with van der Waals surface area (Å²) in [5.41, 5.74) is 2.02. The summed E-state index contributed by atoms with van der Waals surface area (Å²) in [6.07, 6.45) is 2.16. The van der Waals surface area contributed by atoms with Crippen molar-refractivity contribution in [1.29, 1.82) is 0 Å². The Balaban J connectivity index is 1.62. The number of piperidine rings is 1. The van der Waals surface area contributed by atoms with Crippen molar-refractivity contribution in [2.45, 2.75) is 37.6 Å². The number of benzene rings is 1. The average molecular weight is 272 g/mol. The molecule has 1 atom stereocenters. The standard InChI is InChI=1S/C15H16N2O3/c18-12-7-10(8-12)9-1-3-11(4-2-9)16-13-5-6-14(19)17-15(13)20/h1-4,10,13,16H,5-8H2,(H,17,19,20)/t13-/m1/s1. The van der Waals surface area contributed by atoms with E-state index < -0.39 is 0 Å². The van der Waals surface area contributed by atoms with Crippen LogP contribution in [0.1, 0.15) is 37.2 Å². The van der Waals surface area contributed by atoms with Crippen molar-refractivity contribution in [3.8, 4) is 0 Å². The predicted octanol–water partition coefficient (Wildman–Crippen LogP) is 1.35. The van der Waals surface area contributed by atoms with Crippen molar-refractivity contribution in [3.63, 3.8) is 0 Å². The lowest BCUT2D eigenvalue weighted by atomic mass is 9.79. The maximum absolute atomic E-state index is 11.6. The SMILES string of the molecule is O=C1CC(c2ccc(N[C@@H]3CCC(=O)NC3=O)cc2)C1. The zero-order valence-electron chi connectivity index (χ0n) is 11.0. The first-order valence-corrected chi connectivity index (χ1v) is 6.84. The van der Waals surface area contributed by atoms with Crippen molar-refractivity contribution < 1.29 is 14.4 Å². The smallest absolute Gasteiger partial charge is 0.249 e. The van der Waals surface area contributed by atoms with Gasteiger partial charge in [0.05, 0.1) is 0 Å². The van der Waals surface area contributed by atoms with Crippen LogP contribution < -0.4 is 10.6 Å². The van der Waals surface area contributed by atoms with Crippen LogP contribution >= 0.6 is 0 Å². The molecule has 1 aromatic carbocycles. The zero-order valence-corrected chi connectivity index (χ0v) is 11.0. The van der Waals surface area contributed by atoms with Crippen LogP contribution in [0, 0.1) is 0 Å². The number of anilines is 1. The van der Waals surface area contributed by atoms with Crippen LogP contribution in [0.3, 0.4) is 0 Å². The van der Waals surface area contributed by atoms with Gasteiger partial charge < -0.3 is 5.32 Å². The van der Waals surface area contributed by atoms with Gasteiger partial charge in [0.25, 0.3) is 0 Å². The number of hydrogen-bond acceptors (Lipinski definition) is 4. The summed E-state index contributed by atoms with van der Waals surface area (Å²) < 4.78 is 0. The Bertz CT molecular complexity index is 557. The van der Waals surface area contributed by atoms with E-state index in [0.717, 1.165) is 5.69 Å². The van der Waals surface area contributed by atoms with Crippen LogP contribution in [-0.4, -0.2) is 23.6 Å². The average Bonchev–Trinajstić information content (AvgIpc) is 2.39. The summed E-state index contributed by atoms with van der Waals surface area (Å²) in [5.74, 6) is 0.195. The molecule has 2 amide bonds. The fourth-order valence-electron chi connectivity index (χ4n) is 2.61. The summed E-state index contributed by atoms with van der Waals surface area (Å²) in [4.78, 5) is 33.7. The molecule has 1 saturated carbocycles. The number of imide groups is 1. The van der Waals surface area contributed by atoms with Crippen LogP contribution in [0.5, 0.6) is 0 Å². The summed E-state index contributed by atoms with van der Waals surface area (Å²) in [5, 5.41) is 5.46. The molecule has 5 heteroatoms. The van der Waals surface area contributed by atoms with Crippen molar-refractivity contribution in [1.82, 2.24) is 5.32 Å². The molecular formula is C15H16N2O3. The molecule has 2 N–H and O–H groups in total. The van der Waals surface area contributed by atoms with Gasteiger partial charge in [-0.05, 0) is 30.0 Å². The molecule has 0 radical (unpaired) electrons. The van der Waals surface area contributed by atoms with Crippen molar-refractivity contribution >= 4 is 23.3 Å². The number of rotatable bonds is 3. The zero-order chi connectivity index (χ0) is 14.1. The van der Waals surface area contributed by atoms with E-state index in [1.54, 1.807) is 0 Å². The largest absolute Gasteiger partial charge is 0.374 e. The molecule has 1 aromatic rings. The van der Waals surface area contributed by atoms with Gasteiger partial charge in [-0.3, -0.25) is 19.7 Å². The van der Waals surface area contributed by atoms with Crippen LogP contribution in [0.4, 0.5) is 5.69 Å². The van der Waals surface area contributed by atoms with Gasteiger partial charge in [0, 0.05) is 24.9 Å². The summed E-state index contributed by atoms with van der Waals surface area (Å²) in [6, 6.07) is 7.46. The van der Waals surface area contributed by atoms with Crippen LogP contribution in [0.15, 0.2) is 24.3 Å². The van der Waals surface area contributed by atoms with E-state index >= 15 is 0 Å². The topological polar surface area (TPSA) is 75.3 Å². The number of Topliss-reactive ketones (excluding diaryl/α,β-unsaturated/α-hetero) is 1. The Labute approximate surface area is 116 Å². The van der Waals surface area contributed by atoms with Crippen LogP contribution in [-0.2, 0) is 14.4 Å². The Kier molecular flexibility index (Phi) is 3.26. The van der Waals surface area contributed by atoms with Gasteiger partial charge >= 0.3 is 0 Å². The lowest BCUT2D eigenvalue weighted by Crippen LogP contribution is -2.47. The second-order valence-electron chi connectivity index (χ2n) is 5.41. The summed E-state index contributed by atoms with van der Waals surface area (Å²) in [7, 11) is 0. The third-order valence-electron chi connectivity index (χ3n) is 3.91. The molecule has 3 rings (SSSR count). The number of carbonyl (C=O) groups is 3. The first-order chi connectivity index (χ1) is 9.61. The van der Waals surface area contributed by atoms with E-state index in [1.807, 2.05) is 24.3 Å². The molecule has 0 bridgehead atoms. The molecule has 1 saturated heterocycles. The van der Waals surface area contributed by atoms with E-state index in [4.69, 9.17) is 0 Å². The number of nitrogens with one attached hydrogen (secondary N) is 2. The minimum atomic E-state index is -0.358. The molecule has 1 aliphatic heterocycles. The molecule has 2 aliphatic rings. The van der Waals surface area contributed by atoms with Crippen LogP contribution in [0.2, 0.25) is 0 Å². The predicted molar refractivity (Wildman–Crippen MR) is 73.2 cm³/mol. The van der Waals surface area contributed by atoms with E-state index in [0.29, 0.717) is 37.4 Å². The fraction of sp³-hybridized carbons (Fsp3) is 0.400. The van der Waals surface area contributed by atoms with Crippen molar-refractivity contribution in [2.24, 2.45) is 0 Å². The highest BCUT2D eigenvalue weighted by Crippen LogP contribution is 2.34. The van der Waals surface area contributed by atoms with Crippen LogP contribution in [0.25, 0.3) is 0 Å². The van der Waals surface area contributed by atoms with Gasteiger partial charge in [0.2, 0.25) is 11.8 Å². The Morgan fingerprint density at radius 1 is 1.05 bits per heavy atom. The first kappa shape index (κ1) is 12.8. The quantitative estimate of drug-likeness (QED) is 0.814. The maximum atomic E-state index is 11.6. The molecule has 0 unspecified atom stereocenters. The number of hydrogen-bond donors (Lipinski definition) is 2. The Morgan fingerprint density at radius 3 is 2.35 bits per heavy atom. The second-order valence-corrected chi connectivity index (χ2v) is 5.41. The highest BCUT2D eigenvalue weighted by molar-refractivity contribution is 6.01. The number of carbonyl (C=O) groups excluding carboxylic acids is 3. The molecule has 0 spiro atoms. The lowest BCUT2D eigenvalue weighted by molar-refractivity contribution is -0.133. The molecule has 0 aromatic heterocycles. The monoisotopic (exact) mass is 272 g/mol. The lowest BCUT2D eigenvalue weighted by Gasteiger charge is -2.25. The van der Waals surface area contributed by atoms with Gasteiger partial charge in [-0.1, -0.05) is 12.1 Å². The van der Waals surface area contributed by atoms with E-state index in [9.17, 15) is 14.4 Å². The fourth-order valence-corrected chi connectivity index (χ4v) is 2.61. The van der Waals surface area contributed by atoms with E-state index in [1.165, 1.54) is 5.56 Å². The summed E-state index contributed by atoms with van der Waals surface area (Å²) in [6.45, 7) is 0. The minimum Gasteiger partial charge on any atom is -0.374 e. The number of ketones is 1. The highest BCUT2D eigenvalue weighted by atomic mass is 16.2. The number of amides is 2. The molecule has 1 heterocycles. The third-order valence-corrected chi connectivity index (χ3v) is 3.91. The van der Waals surface area contributed by atoms with Gasteiger partial charge in [0.15, 0.2) is 0 Å². The summed E-state index contributed by atoms with van der Waals surface area (Å²) >= 11 is 0. The minimum absolute atomic E-state index is 0.210. The van der Waals surface area contributed by atoms with Crippen molar-refractivity contribution in [2.75, 3.05) is 5.32 Å². The highest BCUT2D eigenvalue weighted by Gasteiger charge is 2.28. The van der Waals surface area contributed by atoms with Gasteiger partial charge in [-0.2, -0.15) is 0 Å². The molecule has 20 heavy (non-hydrogen) atoms. The normalized spacial score (nSPS) is 23.2. The van der Waals surface area contributed by atoms with Gasteiger partial charge in [-0.25, -0.2) is 0 Å². The molecular weight excluding hydrogens is 256 g/mol. The van der Waals surface area contributed by atoms with E-state index in [2.05, 4.69) is 10.6 Å². The van der Waals surface area contributed by atoms with E-state index in [-0.39, 0.29) is 17.9 Å². The Morgan fingerprint density at radius 2 is 1.75 bits per heavy atom. The van der Waals surface area contributed by atoms with Crippen molar-refractivity contribution in [3.05, 3.63) is 29.8 Å². The molecule has 1 aliphatic carbocycles. The molecule has 104 valence electrons. The molecule has 2 fully saturated rings. The Hall–Kier alpha value is -2.17. The second kappa shape index (κ2) is 5.07. The first-order valence-electron chi connectivity index (χ1n) is 6.84. The third kappa shape index (κ3) is 2.57. The maximum Gasteiger partial charge on any atom is 0.249 e. The molecule has 5 nitrogen and oxygen atoms in total. The van der Waals surface area contributed by atoms with Gasteiger partial charge in [-0.15, -0.1) is 0 Å². The van der Waals surface area contributed by atoms with Gasteiger partial charge in [0.1, 0.15) is 11.8 Å².